The van der Waals surface area contributed by atoms with Gasteiger partial charge in [0.2, 0.25) is 0 Å². The molecule has 0 rings (SSSR count). The summed E-state index contributed by atoms with van der Waals surface area (Å²) in [6.45, 7) is 1.43. The molecule has 0 heterocycles. The van der Waals surface area contributed by atoms with Crippen molar-refractivity contribution in [3.63, 3.8) is 0 Å². The second kappa shape index (κ2) is 10.5. The Labute approximate surface area is 151 Å². The highest BCUT2D eigenvalue weighted by Crippen LogP contribution is 2.46. The van der Waals surface area contributed by atoms with Crippen LogP contribution < -0.4 is 0 Å². The van der Waals surface area contributed by atoms with E-state index in [4.69, 9.17) is 4.74 Å². The van der Waals surface area contributed by atoms with Crippen LogP contribution in [-0.4, -0.2) is 43.2 Å². The molecule has 0 spiro atoms. The van der Waals surface area contributed by atoms with Crippen molar-refractivity contribution in [3.8, 4) is 0 Å². The van der Waals surface area contributed by atoms with Crippen LogP contribution in [0.2, 0.25) is 0 Å². The molecule has 0 saturated heterocycles. The third-order valence-corrected chi connectivity index (χ3v) is 3.57. The molecule has 0 aromatic heterocycles. The lowest BCUT2D eigenvalue weighted by atomic mass is 10.0. The lowest BCUT2D eigenvalue weighted by molar-refractivity contribution is -0.359. The average Bonchev–Trinajstić information content (AvgIpc) is 2.57. The van der Waals surface area contributed by atoms with Crippen molar-refractivity contribution in [2.24, 2.45) is 5.92 Å². The second-order valence-electron chi connectivity index (χ2n) is 5.76. The molecule has 11 heteroatoms. The highest BCUT2D eigenvalue weighted by Gasteiger charge is 2.73. The van der Waals surface area contributed by atoms with Gasteiger partial charge < -0.3 is 9.47 Å². The molecule has 1 unspecified atom stereocenters. The molecule has 0 fully saturated rings. The zero-order valence-electron chi connectivity index (χ0n) is 14.8. The van der Waals surface area contributed by atoms with E-state index >= 15 is 0 Å². The van der Waals surface area contributed by atoms with Gasteiger partial charge in [0.15, 0.2) is 6.61 Å². The van der Waals surface area contributed by atoms with E-state index in [9.17, 15) is 40.3 Å². The molecule has 4 nitrogen and oxygen atoms in total. The number of ether oxygens (including phenoxy) is 2. The first-order valence-corrected chi connectivity index (χ1v) is 8.12. The minimum atomic E-state index is -6.52. The van der Waals surface area contributed by atoms with Gasteiger partial charge in [0, 0.05) is 12.2 Å². The van der Waals surface area contributed by atoms with E-state index in [1.165, 1.54) is 0 Å². The summed E-state index contributed by atoms with van der Waals surface area (Å²) in [6, 6.07) is 0. The van der Waals surface area contributed by atoms with E-state index in [-0.39, 0.29) is 12.5 Å². The zero-order valence-corrected chi connectivity index (χ0v) is 14.8. The van der Waals surface area contributed by atoms with Gasteiger partial charge in [-0.2, -0.15) is 30.7 Å². The van der Waals surface area contributed by atoms with Crippen molar-refractivity contribution in [2.75, 3.05) is 13.2 Å². The summed E-state index contributed by atoms with van der Waals surface area (Å²) in [5.41, 5.74) is 0. The van der Waals surface area contributed by atoms with E-state index in [0.717, 1.165) is 25.7 Å². The summed E-state index contributed by atoms with van der Waals surface area (Å²) < 4.78 is 95.4. The molecule has 0 bridgehead atoms. The fourth-order valence-corrected chi connectivity index (χ4v) is 1.79. The standard InChI is InChI=1S/C16H21F7O4/c1-3-5-6-11(4-2)9-26-12(24)7-8-13(25)27-10-14(17,18)15(19,20)16(21,22)23/h7-8,11H,3-6,9-10H2,1-2H3. The first-order chi connectivity index (χ1) is 12.3. The molecule has 158 valence electrons. The second-order valence-corrected chi connectivity index (χ2v) is 5.76. The normalized spacial score (nSPS) is 14.3. The summed E-state index contributed by atoms with van der Waals surface area (Å²) in [6.07, 6.45) is -2.28. The molecule has 0 aliphatic heterocycles. The van der Waals surface area contributed by atoms with E-state index in [1.54, 1.807) is 0 Å². The van der Waals surface area contributed by atoms with Crippen molar-refractivity contribution in [1.29, 1.82) is 0 Å². The van der Waals surface area contributed by atoms with Crippen LogP contribution in [0, 0.1) is 5.92 Å². The zero-order chi connectivity index (χ0) is 21.3. The van der Waals surface area contributed by atoms with E-state index < -0.39 is 36.6 Å². The number of esters is 2. The van der Waals surface area contributed by atoms with Crippen LogP contribution in [0.1, 0.15) is 39.5 Å². The Kier molecular flexibility index (Phi) is 9.80. The molecule has 0 saturated carbocycles. The maximum atomic E-state index is 12.9. The van der Waals surface area contributed by atoms with E-state index in [2.05, 4.69) is 4.74 Å². The summed E-state index contributed by atoms with van der Waals surface area (Å²) in [5.74, 6) is -14.6. The van der Waals surface area contributed by atoms with Crippen molar-refractivity contribution in [3.05, 3.63) is 12.2 Å². The number of alkyl halides is 7. The Morgan fingerprint density at radius 2 is 1.44 bits per heavy atom. The van der Waals surface area contributed by atoms with Crippen molar-refractivity contribution >= 4 is 11.9 Å². The van der Waals surface area contributed by atoms with E-state index in [1.807, 2.05) is 13.8 Å². The summed E-state index contributed by atoms with van der Waals surface area (Å²) in [5, 5.41) is 0. The minimum absolute atomic E-state index is 0.0601. The highest BCUT2D eigenvalue weighted by atomic mass is 19.4. The van der Waals surface area contributed by atoms with Gasteiger partial charge >= 0.3 is 30.0 Å². The summed E-state index contributed by atoms with van der Waals surface area (Å²) in [4.78, 5) is 22.5. The third kappa shape index (κ3) is 8.17. The molecule has 27 heavy (non-hydrogen) atoms. The number of carbonyl (C=O) groups is 2. The number of hydrogen-bond donors (Lipinski definition) is 0. The Hall–Kier alpha value is -1.81. The Balaban J connectivity index is 4.51. The highest BCUT2D eigenvalue weighted by molar-refractivity contribution is 5.91. The molecule has 0 aliphatic rings. The fourth-order valence-electron chi connectivity index (χ4n) is 1.79. The summed E-state index contributed by atoms with van der Waals surface area (Å²) in [7, 11) is 0. The third-order valence-electron chi connectivity index (χ3n) is 3.57. The predicted octanol–water partition coefficient (Wildman–Crippen LogP) is 4.68. The largest absolute Gasteiger partial charge is 0.462 e. The Morgan fingerprint density at radius 3 is 1.89 bits per heavy atom. The molecule has 0 aromatic rings. The molecular formula is C16H21F7O4. The van der Waals surface area contributed by atoms with Crippen LogP contribution in [-0.2, 0) is 19.1 Å². The van der Waals surface area contributed by atoms with Gasteiger partial charge in [-0.3, -0.25) is 0 Å². The quantitative estimate of drug-likeness (QED) is 0.282. The Bertz CT molecular complexity index is 515. The molecular weight excluding hydrogens is 389 g/mol. The molecule has 0 N–H and O–H groups in total. The van der Waals surface area contributed by atoms with Crippen LogP contribution in [0.4, 0.5) is 30.7 Å². The van der Waals surface area contributed by atoms with Crippen LogP contribution in [0.25, 0.3) is 0 Å². The lowest BCUT2D eigenvalue weighted by Crippen LogP contribution is -2.54. The fraction of sp³-hybridized carbons (Fsp3) is 0.750. The number of hydrogen-bond acceptors (Lipinski definition) is 4. The van der Waals surface area contributed by atoms with Gasteiger partial charge in [-0.05, 0) is 12.3 Å². The molecule has 0 radical (unpaired) electrons. The smallest absolute Gasteiger partial charge is 0.460 e. The maximum absolute atomic E-state index is 12.9. The average molecular weight is 410 g/mol. The van der Waals surface area contributed by atoms with Crippen LogP contribution >= 0.6 is 0 Å². The van der Waals surface area contributed by atoms with E-state index in [0.29, 0.717) is 12.2 Å². The predicted molar refractivity (Wildman–Crippen MR) is 80.3 cm³/mol. The Morgan fingerprint density at radius 1 is 0.926 bits per heavy atom. The monoisotopic (exact) mass is 410 g/mol. The van der Waals surface area contributed by atoms with Crippen LogP contribution in [0.15, 0.2) is 12.2 Å². The minimum Gasteiger partial charge on any atom is -0.462 e. The first kappa shape index (κ1) is 25.2. The maximum Gasteiger partial charge on any atom is 0.460 e. The van der Waals surface area contributed by atoms with Gasteiger partial charge in [0.25, 0.3) is 0 Å². The van der Waals surface area contributed by atoms with Gasteiger partial charge in [-0.1, -0.05) is 33.1 Å². The van der Waals surface area contributed by atoms with Crippen molar-refractivity contribution in [2.45, 2.75) is 57.6 Å². The van der Waals surface area contributed by atoms with Crippen molar-refractivity contribution in [1.82, 2.24) is 0 Å². The lowest BCUT2D eigenvalue weighted by Gasteiger charge is -2.27. The SMILES string of the molecule is CCCCC(CC)COC(=O)C=CC(=O)OCC(F)(F)C(F)(F)C(F)(F)F. The van der Waals surface area contributed by atoms with Crippen molar-refractivity contribution < 1.29 is 49.8 Å². The molecule has 1 atom stereocenters. The number of unbranched alkanes of at least 4 members (excludes halogenated alkanes) is 1. The van der Waals surface area contributed by atoms with Crippen LogP contribution in [0.3, 0.4) is 0 Å². The summed E-state index contributed by atoms with van der Waals surface area (Å²) >= 11 is 0. The van der Waals surface area contributed by atoms with Gasteiger partial charge in [0.1, 0.15) is 0 Å². The molecule has 0 amide bonds. The van der Waals surface area contributed by atoms with Gasteiger partial charge in [0.05, 0.1) is 6.61 Å². The number of halogens is 7. The topological polar surface area (TPSA) is 52.6 Å². The molecule has 0 aromatic carbocycles. The van der Waals surface area contributed by atoms with Gasteiger partial charge in [-0.25, -0.2) is 9.59 Å². The van der Waals surface area contributed by atoms with Crippen LogP contribution in [0.5, 0.6) is 0 Å². The first-order valence-electron chi connectivity index (χ1n) is 8.12. The van der Waals surface area contributed by atoms with Gasteiger partial charge in [-0.15, -0.1) is 0 Å². The number of rotatable bonds is 11. The number of carbonyl (C=O) groups excluding carboxylic acids is 2. The molecule has 0 aliphatic carbocycles.